The highest BCUT2D eigenvalue weighted by atomic mass is 79.9. The molecule has 74 valence electrons. The Kier molecular flexibility index (Phi) is 3.93. The molecule has 3 nitrogen and oxygen atoms in total. The summed E-state index contributed by atoms with van der Waals surface area (Å²) in [6.07, 6.45) is 0.257. The van der Waals surface area contributed by atoms with E-state index in [0.717, 1.165) is 14.5 Å². The van der Waals surface area contributed by atoms with Crippen molar-refractivity contribution in [2.45, 2.75) is 12.5 Å². The van der Waals surface area contributed by atoms with Crippen LogP contribution in [0.25, 0.3) is 0 Å². The molecule has 0 unspecified atom stereocenters. The summed E-state index contributed by atoms with van der Waals surface area (Å²) in [5, 5.41) is 8.53. The van der Waals surface area contributed by atoms with E-state index in [2.05, 4.69) is 31.9 Å². The van der Waals surface area contributed by atoms with E-state index in [-0.39, 0.29) is 12.5 Å². The SMILES string of the molecule is N#CC[C@H](N)c1cc(Br)cc(Br)c1N. The maximum Gasteiger partial charge on any atom is 0.0641 e. The van der Waals surface area contributed by atoms with Crippen LogP contribution in [0.1, 0.15) is 18.0 Å². The van der Waals surface area contributed by atoms with Gasteiger partial charge in [0.2, 0.25) is 0 Å². The minimum atomic E-state index is -0.339. The zero-order valence-electron chi connectivity index (χ0n) is 7.30. The fourth-order valence-electron chi connectivity index (χ4n) is 1.12. The molecule has 0 bridgehead atoms. The lowest BCUT2D eigenvalue weighted by Crippen LogP contribution is -2.12. The predicted molar refractivity (Wildman–Crippen MR) is 63.4 cm³/mol. The molecule has 1 atom stereocenters. The smallest absolute Gasteiger partial charge is 0.0641 e. The number of hydrogen-bond acceptors (Lipinski definition) is 3. The lowest BCUT2D eigenvalue weighted by Gasteiger charge is -2.13. The van der Waals surface area contributed by atoms with Crippen LogP contribution < -0.4 is 11.5 Å². The predicted octanol–water partition coefficient (Wildman–Crippen LogP) is 2.71. The Morgan fingerprint density at radius 2 is 2.07 bits per heavy atom. The number of rotatable bonds is 2. The van der Waals surface area contributed by atoms with Gasteiger partial charge in [0.25, 0.3) is 0 Å². The number of nitriles is 1. The van der Waals surface area contributed by atoms with Crippen molar-refractivity contribution >= 4 is 37.5 Å². The molecule has 0 aliphatic carbocycles. The molecular formula is C9H9Br2N3. The molecule has 1 rings (SSSR count). The fourth-order valence-corrected chi connectivity index (χ4v) is 2.38. The second kappa shape index (κ2) is 4.78. The molecule has 0 aliphatic heterocycles. The first-order chi connectivity index (χ1) is 6.56. The summed E-state index contributed by atoms with van der Waals surface area (Å²) in [4.78, 5) is 0. The summed E-state index contributed by atoms with van der Waals surface area (Å²) in [7, 11) is 0. The van der Waals surface area contributed by atoms with Crippen LogP contribution in [-0.2, 0) is 0 Å². The molecule has 0 heterocycles. The first kappa shape index (κ1) is 11.5. The third-order valence-electron chi connectivity index (χ3n) is 1.84. The number of benzene rings is 1. The zero-order valence-corrected chi connectivity index (χ0v) is 10.5. The van der Waals surface area contributed by atoms with Gasteiger partial charge in [-0.3, -0.25) is 0 Å². The zero-order chi connectivity index (χ0) is 10.7. The van der Waals surface area contributed by atoms with Crippen LogP contribution in [0, 0.1) is 11.3 Å². The topological polar surface area (TPSA) is 75.8 Å². The van der Waals surface area contributed by atoms with E-state index >= 15 is 0 Å². The minimum Gasteiger partial charge on any atom is -0.398 e. The third-order valence-corrected chi connectivity index (χ3v) is 2.95. The highest BCUT2D eigenvalue weighted by molar-refractivity contribution is 9.11. The van der Waals surface area contributed by atoms with Gasteiger partial charge < -0.3 is 11.5 Å². The first-order valence-corrected chi connectivity index (χ1v) is 5.51. The van der Waals surface area contributed by atoms with E-state index < -0.39 is 0 Å². The Balaban J connectivity index is 3.14. The summed E-state index contributed by atoms with van der Waals surface area (Å²) in [6, 6.07) is 5.36. The van der Waals surface area contributed by atoms with Gasteiger partial charge in [-0.2, -0.15) is 5.26 Å². The average Bonchev–Trinajstić information content (AvgIpc) is 2.11. The molecule has 14 heavy (non-hydrogen) atoms. The third kappa shape index (κ3) is 2.47. The van der Waals surface area contributed by atoms with Gasteiger partial charge in [0.05, 0.1) is 18.2 Å². The molecule has 0 aliphatic rings. The number of hydrogen-bond donors (Lipinski definition) is 2. The molecule has 0 saturated carbocycles. The Morgan fingerprint density at radius 1 is 1.43 bits per heavy atom. The van der Waals surface area contributed by atoms with Crippen molar-refractivity contribution < 1.29 is 0 Å². The minimum absolute atomic E-state index is 0.257. The largest absolute Gasteiger partial charge is 0.398 e. The Hall–Kier alpha value is -0.570. The van der Waals surface area contributed by atoms with Crippen molar-refractivity contribution in [3.05, 3.63) is 26.6 Å². The summed E-state index contributed by atoms with van der Waals surface area (Å²) < 4.78 is 1.68. The van der Waals surface area contributed by atoms with E-state index in [1.54, 1.807) is 0 Å². The number of nitrogen functional groups attached to an aromatic ring is 1. The number of nitrogens with two attached hydrogens (primary N) is 2. The van der Waals surface area contributed by atoms with Crippen LogP contribution in [0.15, 0.2) is 21.1 Å². The van der Waals surface area contributed by atoms with Crippen molar-refractivity contribution in [1.29, 1.82) is 5.26 Å². The van der Waals surface area contributed by atoms with Crippen molar-refractivity contribution in [3.63, 3.8) is 0 Å². The maximum atomic E-state index is 8.53. The Morgan fingerprint density at radius 3 is 2.64 bits per heavy atom. The Labute approximate surface area is 99.3 Å². The highest BCUT2D eigenvalue weighted by Gasteiger charge is 2.12. The molecule has 0 fully saturated rings. The van der Waals surface area contributed by atoms with Crippen LogP contribution in [0.2, 0.25) is 0 Å². The van der Waals surface area contributed by atoms with Gasteiger partial charge in [-0.1, -0.05) is 15.9 Å². The normalized spacial score (nSPS) is 12.1. The van der Waals surface area contributed by atoms with Crippen LogP contribution in [0.4, 0.5) is 5.69 Å². The van der Waals surface area contributed by atoms with E-state index in [0.29, 0.717) is 5.69 Å². The second-order valence-corrected chi connectivity index (χ2v) is 4.63. The number of halogens is 2. The van der Waals surface area contributed by atoms with Gasteiger partial charge in [-0.15, -0.1) is 0 Å². The first-order valence-electron chi connectivity index (χ1n) is 3.93. The second-order valence-electron chi connectivity index (χ2n) is 2.86. The fraction of sp³-hybridized carbons (Fsp3) is 0.222. The van der Waals surface area contributed by atoms with Crippen LogP contribution >= 0.6 is 31.9 Å². The highest BCUT2D eigenvalue weighted by Crippen LogP contribution is 2.31. The number of nitrogens with zero attached hydrogens (tertiary/aromatic N) is 1. The van der Waals surface area contributed by atoms with Gasteiger partial charge in [0, 0.05) is 15.0 Å². The van der Waals surface area contributed by atoms with Crippen LogP contribution in [0.3, 0.4) is 0 Å². The Bertz CT molecular complexity index is 384. The molecule has 0 saturated heterocycles. The van der Waals surface area contributed by atoms with Gasteiger partial charge in [-0.25, -0.2) is 0 Å². The maximum absolute atomic E-state index is 8.53. The molecule has 0 spiro atoms. The summed E-state index contributed by atoms with van der Waals surface area (Å²) >= 11 is 6.67. The average molecular weight is 319 g/mol. The molecule has 0 aromatic heterocycles. The summed E-state index contributed by atoms with van der Waals surface area (Å²) in [5.74, 6) is 0. The van der Waals surface area contributed by atoms with E-state index in [9.17, 15) is 0 Å². The van der Waals surface area contributed by atoms with E-state index in [1.165, 1.54) is 0 Å². The van der Waals surface area contributed by atoms with Crippen molar-refractivity contribution in [1.82, 2.24) is 0 Å². The van der Waals surface area contributed by atoms with Crippen molar-refractivity contribution in [2.75, 3.05) is 5.73 Å². The summed E-state index contributed by atoms with van der Waals surface area (Å²) in [6.45, 7) is 0. The monoisotopic (exact) mass is 317 g/mol. The van der Waals surface area contributed by atoms with Gasteiger partial charge >= 0.3 is 0 Å². The summed E-state index contributed by atoms with van der Waals surface area (Å²) in [5.41, 5.74) is 13.0. The van der Waals surface area contributed by atoms with Crippen molar-refractivity contribution in [3.8, 4) is 6.07 Å². The van der Waals surface area contributed by atoms with Crippen LogP contribution in [-0.4, -0.2) is 0 Å². The molecule has 1 aromatic rings. The molecule has 4 N–H and O–H groups in total. The molecule has 5 heteroatoms. The van der Waals surface area contributed by atoms with E-state index in [4.69, 9.17) is 16.7 Å². The standard InChI is InChI=1S/C9H9Br2N3/c10-5-3-6(8(13)1-2-12)9(14)7(11)4-5/h3-4,8H,1,13-14H2/t8-/m0/s1. The lowest BCUT2D eigenvalue weighted by atomic mass is 10.0. The molecule has 1 aromatic carbocycles. The molecule has 0 radical (unpaired) electrons. The van der Waals surface area contributed by atoms with E-state index in [1.807, 2.05) is 18.2 Å². The quantitative estimate of drug-likeness (QED) is 0.823. The number of anilines is 1. The molecule has 0 amide bonds. The van der Waals surface area contributed by atoms with Crippen molar-refractivity contribution in [2.24, 2.45) is 5.73 Å². The van der Waals surface area contributed by atoms with Gasteiger partial charge in [0.15, 0.2) is 0 Å². The van der Waals surface area contributed by atoms with Gasteiger partial charge in [0.1, 0.15) is 0 Å². The lowest BCUT2D eigenvalue weighted by molar-refractivity contribution is 0.750. The van der Waals surface area contributed by atoms with Gasteiger partial charge in [-0.05, 0) is 33.6 Å². The molecular weight excluding hydrogens is 310 g/mol. The van der Waals surface area contributed by atoms with Crippen LogP contribution in [0.5, 0.6) is 0 Å².